The van der Waals surface area contributed by atoms with E-state index in [1.807, 2.05) is 0 Å². The normalized spacial score (nSPS) is 11.0. The van der Waals surface area contributed by atoms with E-state index in [1.165, 1.54) is 44.4 Å². The first-order chi connectivity index (χ1) is 30.7. The van der Waals surface area contributed by atoms with Gasteiger partial charge < -0.3 is 65.6 Å². The van der Waals surface area contributed by atoms with Crippen molar-refractivity contribution < 1.29 is 49.8 Å². The number of hydrogen-bond acceptors (Lipinski definition) is 15. The summed E-state index contributed by atoms with van der Waals surface area (Å²) in [5.41, 5.74) is -3.99. The van der Waals surface area contributed by atoms with Crippen LogP contribution in [0.2, 0.25) is 0 Å². The van der Waals surface area contributed by atoms with Crippen molar-refractivity contribution in [2.24, 2.45) is 4.99 Å². The smallest absolute Gasteiger partial charge is 0.271 e. The van der Waals surface area contributed by atoms with Gasteiger partial charge in [-0.1, -0.05) is 0 Å². The maximum atomic E-state index is 14.0. The van der Waals surface area contributed by atoms with Crippen molar-refractivity contribution in [3.8, 4) is 17.2 Å². The molecule has 0 unspecified atom stereocenters. The Hall–Kier alpha value is -6.97. The number of pyridine rings is 3. The summed E-state index contributed by atoms with van der Waals surface area (Å²) in [5.74, 6) is -5.38. The molecule has 4 rings (SSSR count). The van der Waals surface area contributed by atoms with Crippen LogP contribution in [0.1, 0.15) is 80.3 Å². The van der Waals surface area contributed by atoms with Gasteiger partial charge in [-0.3, -0.25) is 33.6 Å². The molecule has 0 bridgehead atoms. The molecular weight excluding hydrogens is 857 g/mol. The zero-order valence-corrected chi connectivity index (χ0v) is 35.4. The first-order valence-electron chi connectivity index (χ1n) is 20.2. The Morgan fingerprint density at radius 3 is 1.22 bits per heavy atom. The van der Waals surface area contributed by atoms with Crippen LogP contribution in [0, 0.1) is 0 Å². The van der Waals surface area contributed by atoms with Gasteiger partial charge in [0.05, 0.1) is 30.7 Å². The number of rotatable bonds is 24. The number of isothiocyanates is 1. The Balaban J connectivity index is 1.63. The molecule has 0 aliphatic carbocycles. The first-order valence-corrected chi connectivity index (χ1v) is 20.6. The van der Waals surface area contributed by atoms with E-state index in [0.717, 1.165) is 18.2 Å². The van der Waals surface area contributed by atoms with Gasteiger partial charge in [0.1, 0.15) is 0 Å². The van der Waals surface area contributed by atoms with Gasteiger partial charge in [-0.05, 0) is 75.0 Å². The number of amides is 4. The lowest BCUT2D eigenvalue weighted by Gasteiger charge is -2.36. The molecule has 0 saturated heterocycles. The van der Waals surface area contributed by atoms with Crippen LogP contribution in [0.4, 0.5) is 5.69 Å². The van der Waals surface area contributed by atoms with Crippen LogP contribution in [0.5, 0.6) is 17.2 Å². The molecule has 0 saturated carbocycles. The van der Waals surface area contributed by atoms with E-state index in [1.54, 1.807) is 12.1 Å². The molecule has 0 fully saturated rings. The predicted octanol–water partition coefficient (Wildman–Crippen LogP) is 0.0989. The van der Waals surface area contributed by atoms with Crippen LogP contribution in [-0.4, -0.2) is 118 Å². The molecule has 4 amide bonds. The number of aromatic hydroxyl groups is 3. The van der Waals surface area contributed by atoms with Crippen LogP contribution in [-0.2, 0) is 19.6 Å². The number of hydrogen-bond donors (Lipinski definition) is 10. The highest BCUT2D eigenvalue weighted by Gasteiger charge is 2.32. The number of aliphatic imine (C=N–C) groups is 1. The number of nitrogens with one attached hydrogen (secondary N) is 4. The van der Waals surface area contributed by atoms with E-state index in [2.05, 4.69) is 43.6 Å². The summed E-state index contributed by atoms with van der Waals surface area (Å²) >= 11 is 4.68. The van der Waals surface area contributed by atoms with Crippen molar-refractivity contribution in [2.45, 2.75) is 63.7 Å². The summed E-state index contributed by atoms with van der Waals surface area (Å²) in [6, 6.07) is 9.29. The summed E-state index contributed by atoms with van der Waals surface area (Å²) in [6.45, 7) is -1.57. The minimum atomic E-state index is -1.15. The molecule has 21 nitrogen and oxygen atoms in total. The number of thiocarbonyl (C=S) groups is 1. The molecule has 64 heavy (non-hydrogen) atoms. The molecule has 0 aliphatic rings. The van der Waals surface area contributed by atoms with Gasteiger partial charge in [0.15, 0.2) is 34.3 Å². The van der Waals surface area contributed by atoms with E-state index in [-0.39, 0.29) is 100 Å². The van der Waals surface area contributed by atoms with E-state index in [0.29, 0.717) is 5.69 Å². The number of benzene rings is 1. The third-order valence-electron chi connectivity index (χ3n) is 10.2. The van der Waals surface area contributed by atoms with Crippen LogP contribution in [0.3, 0.4) is 0 Å². The summed E-state index contributed by atoms with van der Waals surface area (Å²) in [4.78, 5) is 94.4. The maximum Gasteiger partial charge on any atom is 0.271 e. The second-order valence-electron chi connectivity index (χ2n) is 14.4. The number of carbonyl (C=O) groups is 4. The molecule has 3 aromatic heterocycles. The van der Waals surface area contributed by atoms with Crippen molar-refractivity contribution in [3.63, 3.8) is 0 Å². The highest BCUT2D eigenvalue weighted by atomic mass is 32.1. The van der Waals surface area contributed by atoms with Gasteiger partial charge in [0, 0.05) is 87.2 Å². The summed E-state index contributed by atoms with van der Waals surface area (Å²) in [7, 11) is 0. The second-order valence-corrected chi connectivity index (χ2v) is 14.6. The van der Waals surface area contributed by atoms with Crippen LogP contribution < -0.4 is 37.6 Å². The fourth-order valence-electron chi connectivity index (χ4n) is 7.04. The Bertz CT molecular complexity index is 2320. The minimum Gasteiger partial charge on any atom is -0.503 e. The quantitative estimate of drug-likeness (QED) is 0.0254. The molecule has 1 aromatic carbocycles. The molecule has 0 spiro atoms. The summed E-state index contributed by atoms with van der Waals surface area (Å²) < 4.78 is 3.66. The third kappa shape index (κ3) is 13.0. The largest absolute Gasteiger partial charge is 0.503 e. The van der Waals surface area contributed by atoms with E-state index >= 15 is 0 Å². The van der Waals surface area contributed by atoms with Crippen molar-refractivity contribution in [1.29, 1.82) is 0 Å². The van der Waals surface area contributed by atoms with Crippen molar-refractivity contribution in [2.75, 3.05) is 39.5 Å². The fourth-order valence-corrected chi connectivity index (χ4v) is 7.15. The van der Waals surface area contributed by atoms with Crippen LogP contribution in [0.15, 0.2) is 80.4 Å². The Morgan fingerprint density at radius 1 is 0.562 bits per heavy atom. The van der Waals surface area contributed by atoms with Crippen molar-refractivity contribution >= 4 is 46.7 Å². The highest BCUT2D eigenvalue weighted by molar-refractivity contribution is 7.78. The van der Waals surface area contributed by atoms with E-state index in [4.69, 9.17) is 0 Å². The van der Waals surface area contributed by atoms with E-state index < -0.39 is 82.5 Å². The fraction of sp³-hybridized carbons (Fsp3) is 0.381. The number of aliphatic hydroxyl groups excluding tert-OH is 3. The highest BCUT2D eigenvalue weighted by Crippen LogP contribution is 2.27. The lowest BCUT2D eigenvalue weighted by atomic mass is 9.83. The van der Waals surface area contributed by atoms with Gasteiger partial charge >= 0.3 is 0 Å². The number of nitrogens with zero attached hydrogens (tertiary/aromatic N) is 4. The summed E-state index contributed by atoms with van der Waals surface area (Å²) in [5, 5.41) is 73.1. The molecule has 0 aliphatic heterocycles. The minimum absolute atomic E-state index is 0.0405. The zero-order chi connectivity index (χ0) is 46.8. The topological polar surface area (TPSA) is 316 Å². The zero-order valence-electron chi connectivity index (χ0n) is 34.6. The predicted molar refractivity (Wildman–Crippen MR) is 234 cm³/mol. The average molecular weight is 907 g/mol. The number of aromatic nitrogens is 3. The molecule has 4 aromatic rings. The standard InChI is InChI=1S/C42H50N8O13S/c51-23-20-48-17-8-29(54)35(57)32(48)39(61)43-14-1-11-42(47-38(60)27-4-6-28(7-5-27)46-26-64,12-2-15-44-40(62)33-36(58)30(55)9-18-49(33)21-24-52)13-3-16-45-41(63)34-37(59)31(56)10-19-50(34)22-25-53/h4-10,17-19,51-53,57-59H,1-3,11-16,20-25H2,(H,43,61)(H,44,62)(H,45,63)(H,47,60). The lowest BCUT2D eigenvalue weighted by Crippen LogP contribution is -2.50. The molecule has 10 N–H and O–H groups in total. The van der Waals surface area contributed by atoms with Gasteiger partial charge in [-0.15, -0.1) is 0 Å². The maximum absolute atomic E-state index is 14.0. The molecule has 0 atom stereocenters. The van der Waals surface area contributed by atoms with Crippen LogP contribution in [0.25, 0.3) is 0 Å². The van der Waals surface area contributed by atoms with E-state index in [9.17, 15) is 64.2 Å². The van der Waals surface area contributed by atoms with Gasteiger partial charge in [0.2, 0.25) is 16.3 Å². The Kier molecular flexibility index (Phi) is 18.7. The van der Waals surface area contributed by atoms with Crippen molar-refractivity contribution in [1.82, 2.24) is 35.0 Å². The molecule has 0 radical (unpaired) electrons. The van der Waals surface area contributed by atoms with Gasteiger partial charge in [0.25, 0.3) is 23.6 Å². The lowest BCUT2D eigenvalue weighted by molar-refractivity contribution is 0.0856. The molecule has 342 valence electrons. The number of aliphatic hydroxyl groups is 3. The Labute approximate surface area is 370 Å². The third-order valence-corrected chi connectivity index (χ3v) is 10.2. The first kappa shape index (κ1) is 49.7. The van der Waals surface area contributed by atoms with Crippen LogP contribution >= 0.6 is 12.2 Å². The van der Waals surface area contributed by atoms with Gasteiger partial charge in [-0.25, -0.2) is 0 Å². The van der Waals surface area contributed by atoms with Gasteiger partial charge in [-0.2, -0.15) is 4.99 Å². The van der Waals surface area contributed by atoms with Crippen molar-refractivity contribution in [3.05, 3.63) is 114 Å². The SMILES string of the molecule is O=C(NC(CCCNC(=O)c1c(O)c(=O)ccn1CCO)(CCCNC(=O)c1c(O)c(=O)ccn1CCO)CCCNC(=O)c1c(O)c(=O)ccn1CCO)c1ccc(N=C=S)cc1. The summed E-state index contributed by atoms with van der Waals surface area (Å²) in [6.07, 6.45) is 4.79. The second kappa shape index (κ2) is 24.0. The monoisotopic (exact) mass is 906 g/mol. The molecule has 22 heteroatoms. The molecular formula is C42H50N8O13S. The molecule has 3 heterocycles. The number of carbonyl (C=O) groups excluding carboxylic acids is 4. The average Bonchev–Trinajstić information content (AvgIpc) is 3.27. The Morgan fingerprint density at radius 2 is 0.906 bits per heavy atom.